The maximum Gasteiger partial charge on any atom is 0.237 e. The average molecular weight is 232 g/mol. The molecule has 3 heteroatoms. The summed E-state index contributed by atoms with van der Waals surface area (Å²) in [7, 11) is 0. The molecule has 0 aliphatic heterocycles. The van der Waals surface area contributed by atoms with Gasteiger partial charge in [0.2, 0.25) is 5.91 Å². The molecule has 92 valence electrons. The minimum Gasteiger partial charge on any atom is -0.354 e. The zero-order valence-electron chi connectivity index (χ0n) is 10.2. The average Bonchev–Trinajstić information content (AvgIpc) is 2.35. The van der Waals surface area contributed by atoms with Gasteiger partial charge in [0.05, 0.1) is 6.04 Å². The Morgan fingerprint density at radius 1 is 1.41 bits per heavy atom. The van der Waals surface area contributed by atoms with Crippen molar-refractivity contribution in [3.63, 3.8) is 0 Å². The van der Waals surface area contributed by atoms with Gasteiger partial charge in [-0.05, 0) is 25.3 Å². The van der Waals surface area contributed by atoms with Gasteiger partial charge in [-0.15, -0.1) is 0 Å². The highest BCUT2D eigenvalue weighted by atomic mass is 16.2. The van der Waals surface area contributed by atoms with Crippen LogP contribution < -0.4 is 11.1 Å². The molecule has 0 saturated heterocycles. The highest BCUT2D eigenvalue weighted by Crippen LogP contribution is 2.01. The van der Waals surface area contributed by atoms with Crippen molar-refractivity contribution in [2.45, 2.75) is 25.8 Å². The molecule has 17 heavy (non-hydrogen) atoms. The van der Waals surface area contributed by atoms with Crippen molar-refractivity contribution in [3.8, 4) is 0 Å². The number of hydrogen-bond donors (Lipinski definition) is 2. The largest absolute Gasteiger partial charge is 0.354 e. The molecule has 0 bridgehead atoms. The van der Waals surface area contributed by atoms with Crippen molar-refractivity contribution in [3.05, 3.63) is 48.0 Å². The molecule has 0 saturated carbocycles. The fourth-order valence-electron chi connectivity index (χ4n) is 1.54. The Kier molecular flexibility index (Phi) is 6.04. The summed E-state index contributed by atoms with van der Waals surface area (Å²) in [6, 6.07) is 9.34. The van der Waals surface area contributed by atoms with Crippen molar-refractivity contribution in [1.29, 1.82) is 0 Å². The Hall–Kier alpha value is -1.61. The van der Waals surface area contributed by atoms with Crippen molar-refractivity contribution < 1.29 is 4.79 Å². The number of nitrogens with one attached hydrogen (secondary N) is 1. The zero-order chi connectivity index (χ0) is 12.5. The molecule has 1 aromatic carbocycles. The standard InChI is InChI=1S/C14H20N2O/c1-2-3-7-10-16-14(17)13(15)11-12-8-5-4-6-9-12/h2-6,8-9,13H,7,10-11,15H2,1H3,(H,16,17)/b3-2+/t13-/m1/s1. The van der Waals surface area contributed by atoms with Crippen LogP contribution in [0.15, 0.2) is 42.5 Å². The monoisotopic (exact) mass is 232 g/mol. The first-order chi connectivity index (χ1) is 8.24. The van der Waals surface area contributed by atoms with E-state index >= 15 is 0 Å². The Balaban J connectivity index is 2.32. The van der Waals surface area contributed by atoms with Crippen LogP contribution in [0.5, 0.6) is 0 Å². The first-order valence-electron chi connectivity index (χ1n) is 5.92. The van der Waals surface area contributed by atoms with Crippen LogP contribution in [-0.4, -0.2) is 18.5 Å². The maximum atomic E-state index is 11.7. The van der Waals surface area contributed by atoms with Crippen molar-refractivity contribution in [2.75, 3.05) is 6.54 Å². The Morgan fingerprint density at radius 3 is 2.76 bits per heavy atom. The van der Waals surface area contributed by atoms with Gasteiger partial charge in [0.1, 0.15) is 0 Å². The lowest BCUT2D eigenvalue weighted by Gasteiger charge is -2.11. The zero-order valence-corrected chi connectivity index (χ0v) is 10.2. The molecule has 1 aromatic rings. The van der Waals surface area contributed by atoms with Gasteiger partial charge < -0.3 is 11.1 Å². The van der Waals surface area contributed by atoms with E-state index in [0.29, 0.717) is 13.0 Å². The summed E-state index contributed by atoms with van der Waals surface area (Å²) in [5.41, 5.74) is 6.92. The number of amides is 1. The lowest BCUT2D eigenvalue weighted by Crippen LogP contribution is -2.42. The van der Waals surface area contributed by atoms with Crippen LogP contribution in [0.25, 0.3) is 0 Å². The summed E-state index contributed by atoms with van der Waals surface area (Å²) >= 11 is 0. The molecular weight excluding hydrogens is 212 g/mol. The topological polar surface area (TPSA) is 55.1 Å². The number of hydrogen-bond acceptors (Lipinski definition) is 2. The molecule has 0 spiro atoms. The summed E-state index contributed by atoms with van der Waals surface area (Å²) in [6.07, 6.45) is 5.41. The molecule has 1 rings (SSSR count). The highest BCUT2D eigenvalue weighted by Gasteiger charge is 2.12. The normalized spacial score (nSPS) is 12.6. The summed E-state index contributed by atoms with van der Waals surface area (Å²) in [5, 5.41) is 2.82. The van der Waals surface area contributed by atoms with E-state index in [-0.39, 0.29) is 5.91 Å². The molecular formula is C14H20N2O. The second-order valence-corrected chi connectivity index (χ2v) is 3.94. The molecule has 0 fully saturated rings. The molecule has 0 aliphatic rings. The van der Waals surface area contributed by atoms with Crippen LogP contribution in [-0.2, 0) is 11.2 Å². The predicted molar refractivity (Wildman–Crippen MR) is 70.6 cm³/mol. The quantitative estimate of drug-likeness (QED) is 0.578. The van der Waals surface area contributed by atoms with Gasteiger partial charge in [-0.25, -0.2) is 0 Å². The number of carbonyl (C=O) groups excluding carboxylic acids is 1. The third-order valence-corrected chi connectivity index (χ3v) is 2.48. The molecule has 1 atom stereocenters. The number of carbonyl (C=O) groups is 1. The van der Waals surface area contributed by atoms with E-state index in [1.807, 2.05) is 49.4 Å². The number of nitrogens with two attached hydrogens (primary N) is 1. The molecule has 0 unspecified atom stereocenters. The predicted octanol–water partition coefficient (Wildman–Crippen LogP) is 1.64. The highest BCUT2D eigenvalue weighted by molar-refractivity contribution is 5.81. The first-order valence-corrected chi connectivity index (χ1v) is 5.92. The van der Waals surface area contributed by atoms with Crippen LogP contribution in [0, 0.1) is 0 Å². The Morgan fingerprint density at radius 2 is 2.12 bits per heavy atom. The maximum absolute atomic E-state index is 11.7. The van der Waals surface area contributed by atoms with Crippen molar-refractivity contribution >= 4 is 5.91 Å². The van der Waals surface area contributed by atoms with Crippen LogP contribution in [0.1, 0.15) is 18.9 Å². The van der Waals surface area contributed by atoms with Gasteiger partial charge >= 0.3 is 0 Å². The van der Waals surface area contributed by atoms with E-state index in [2.05, 4.69) is 5.32 Å². The fraction of sp³-hybridized carbons (Fsp3) is 0.357. The first kappa shape index (κ1) is 13.5. The second kappa shape index (κ2) is 7.63. The summed E-state index contributed by atoms with van der Waals surface area (Å²) in [6.45, 7) is 2.61. The number of allylic oxidation sites excluding steroid dienone is 1. The van der Waals surface area contributed by atoms with Gasteiger partial charge in [0, 0.05) is 6.54 Å². The van der Waals surface area contributed by atoms with E-state index in [0.717, 1.165) is 12.0 Å². The number of benzene rings is 1. The molecule has 3 N–H and O–H groups in total. The van der Waals surface area contributed by atoms with Crippen molar-refractivity contribution in [1.82, 2.24) is 5.32 Å². The van der Waals surface area contributed by atoms with E-state index in [1.54, 1.807) is 0 Å². The van der Waals surface area contributed by atoms with Gasteiger partial charge in [-0.1, -0.05) is 42.5 Å². The molecule has 1 amide bonds. The Labute approximate surface area is 103 Å². The Bertz CT molecular complexity index is 360. The molecule has 3 nitrogen and oxygen atoms in total. The summed E-state index contributed by atoms with van der Waals surface area (Å²) in [4.78, 5) is 11.7. The van der Waals surface area contributed by atoms with E-state index in [9.17, 15) is 4.79 Å². The van der Waals surface area contributed by atoms with E-state index < -0.39 is 6.04 Å². The molecule has 0 radical (unpaired) electrons. The minimum atomic E-state index is -0.469. The van der Waals surface area contributed by atoms with Crippen LogP contribution in [0.2, 0.25) is 0 Å². The summed E-state index contributed by atoms with van der Waals surface area (Å²) < 4.78 is 0. The summed E-state index contributed by atoms with van der Waals surface area (Å²) in [5.74, 6) is -0.0849. The van der Waals surface area contributed by atoms with Crippen LogP contribution in [0.4, 0.5) is 0 Å². The van der Waals surface area contributed by atoms with Gasteiger partial charge in [-0.3, -0.25) is 4.79 Å². The van der Waals surface area contributed by atoms with E-state index in [1.165, 1.54) is 0 Å². The molecule has 0 aromatic heterocycles. The lowest BCUT2D eigenvalue weighted by atomic mass is 10.1. The third-order valence-electron chi connectivity index (χ3n) is 2.48. The van der Waals surface area contributed by atoms with Gasteiger partial charge in [-0.2, -0.15) is 0 Å². The molecule has 0 aliphatic carbocycles. The van der Waals surface area contributed by atoms with E-state index in [4.69, 9.17) is 5.73 Å². The smallest absolute Gasteiger partial charge is 0.237 e. The molecule has 0 heterocycles. The minimum absolute atomic E-state index is 0.0849. The second-order valence-electron chi connectivity index (χ2n) is 3.94. The number of rotatable bonds is 6. The van der Waals surface area contributed by atoms with Gasteiger partial charge in [0.15, 0.2) is 0 Å². The third kappa shape index (κ3) is 5.31. The van der Waals surface area contributed by atoms with Crippen molar-refractivity contribution in [2.24, 2.45) is 5.73 Å². The lowest BCUT2D eigenvalue weighted by molar-refractivity contribution is -0.122. The SMILES string of the molecule is C/C=C/CCNC(=O)[C@H](N)Cc1ccccc1. The van der Waals surface area contributed by atoms with Crippen LogP contribution in [0.3, 0.4) is 0 Å². The fourth-order valence-corrected chi connectivity index (χ4v) is 1.54. The van der Waals surface area contributed by atoms with Crippen LogP contribution >= 0.6 is 0 Å². The van der Waals surface area contributed by atoms with Gasteiger partial charge in [0.25, 0.3) is 0 Å².